The SMILES string of the molecule is Cc1ccc(C)c(C(=O)C(C)Sc2nnc(-c3ccccc3)n2C)c1. The second-order valence-electron chi connectivity index (χ2n) is 6.17. The Balaban J connectivity index is 1.82. The lowest BCUT2D eigenvalue weighted by atomic mass is 10.0. The highest BCUT2D eigenvalue weighted by Crippen LogP contribution is 2.28. The summed E-state index contributed by atoms with van der Waals surface area (Å²) in [6, 6.07) is 15.9. The Hall–Kier alpha value is -2.40. The first-order valence-corrected chi connectivity index (χ1v) is 9.08. The molecule has 0 aliphatic rings. The van der Waals surface area contributed by atoms with Crippen LogP contribution in [0, 0.1) is 13.8 Å². The topological polar surface area (TPSA) is 47.8 Å². The van der Waals surface area contributed by atoms with E-state index in [2.05, 4.69) is 10.2 Å². The van der Waals surface area contributed by atoms with Crippen LogP contribution in [-0.4, -0.2) is 25.8 Å². The van der Waals surface area contributed by atoms with Gasteiger partial charge in [-0.1, -0.05) is 59.8 Å². The van der Waals surface area contributed by atoms with Crippen LogP contribution in [0.15, 0.2) is 53.7 Å². The summed E-state index contributed by atoms with van der Waals surface area (Å²) in [5.41, 5.74) is 3.89. The molecule has 3 rings (SSSR count). The Bertz CT molecular complexity index is 903. The number of thioether (sulfide) groups is 1. The lowest BCUT2D eigenvalue weighted by Crippen LogP contribution is -2.16. The third-order valence-corrected chi connectivity index (χ3v) is 5.31. The third kappa shape index (κ3) is 3.66. The summed E-state index contributed by atoms with van der Waals surface area (Å²) < 4.78 is 1.94. The van der Waals surface area contributed by atoms with Gasteiger partial charge in [0, 0.05) is 18.2 Å². The van der Waals surface area contributed by atoms with Crippen LogP contribution in [0.25, 0.3) is 11.4 Å². The second kappa shape index (κ2) is 7.23. The molecule has 128 valence electrons. The number of benzene rings is 2. The van der Waals surface area contributed by atoms with Gasteiger partial charge in [-0.15, -0.1) is 10.2 Å². The van der Waals surface area contributed by atoms with Crippen molar-refractivity contribution in [2.45, 2.75) is 31.2 Å². The molecule has 0 saturated heterocycles. The first-order chi connectivity index (χ1) is 12.0. The summed E-state index contributed by atoms with van der Waals surface area (Å²) in [5.74, 6) is 0.921. The first kappa shape index (κ1) is 17.4. The monoisotopic (exact) mass is 351 g/mol. The second-order valence-corrected chi connectivity index (χ2v) is 7.48. The van der Waals surface area contributed by atoms with Crippen molar-refractivity contribution in [3.05, 3.63) is 65.2 Å². The molecule has 0 fully saturated rings. The maximum Gasteiger partial charge on any atom is 0.191 e. The van der Waals surface area contributed by atoms with Crippen molar-refractivity contribution in [1.82, 2.24) is 14.8 Å². The average Bonchev–Trinajstić information content (AvgIpc) is 2.97. The molecular weight excluding hydrogens is 330 g/mol. The van der Waals surface area contributed by atoms with E-state index in [-0.39, 0.29) is 11.0 Å². The van der Waals surface area contributed by atoms with Crippen LogP contribution < -0.4 is 0 Å². The van der Waals surface area contributed by atoms with Crippen LogP contribution in [0.2, 0.25) is 0 Å². The van der Waals surface area contributed by atoms with Gasteiger partial charge in [0.1, 0.15) is 0 Å². The van der Waals surface area contributed by atoms with Crippen molar-refractivity contribution in [2.75, 3.05) is 0 Å². The standard InChI is InChI=1S/C20H21N3OS/c1-13-10-11-14(2)17(12-13)18(24)15(3)25-20-22-21-19(23(20)4)16-8-6-5-7-9-16/h5-12,15H,1-4H3. The molecule has 3 aromatic rings. The van der Waals surface area contributed by atoms with Gasteiger partial charge >= 0.3 is 0 Å². The summed E-state index contributed by atoms with van der Waals surface area (Å²) in [6.45, 7) is 5.90. The third-order valence-electron chi connectivity index (χ3n) is 4.18. The molecule has 0 aliphatic carbocycles. The molecule has 2 aromatic carbocycles. The molecule has 1 unspecified atom stereocenters. The molecule has 1 heterocycles. The number of aromatic nitrogens is 3. The van der Waals surface area contributed by atoms with E-state index in [1.165, 1.54) is 11.8 Å². The summed E-state index contributed by atoms with van der Waals surface area (Å²) in [6.07, 6.45) is 0. The lowest BCUT2D eigenvalue weighted by Gasteiger charge is -2.12. The zero-order valence-corrected chi connectivity index (χ0v) is 15.7. The van der Waals surface area contributed by atoms with Crippen LogP contribution in [0.4, 0.5) is 0 Å². The average molecular weight is 351 g/mol. The van der Waals surface area contributed by atoms with E-state index in [0.29, 0.717) is 0 Å². The van der Waals surface area contributed by atoms with E-state index in [0.717, 1.165) is 33.2 Å². The molecule has 25 heavy (non-hydrogen) atoms. The van der Waals surface area contributed by atoms with Gasteiger partial charge in [-0.05, 0) is 32.4 Å². The number of aryl methyl sites for hydroxylation is 2. The normalized spacial score (nSPS) is 12.2. The molecule has 0 bridgehead atoms. The molecule has 0 N–H and O–H groups in total. The zero-order valence-electron chi connectivity index (χ0n) is 14.9. The van der Waals surface area contributed by atoms with Crippen molar-refractivity contribution in [2.24, 2.45) is 7.05 Å². The maximum absolute atomic E-state index is 12.8. The molecule has 0 saturated carbocycles. The minimum Gasteiger partial charge on any atom is -0.305 e. The largest absolute Gasteiger partial charge is 0.305 e. The smallest absolute Gasteiger partial charge is 0.191 e. The number of carbonyl (C=O) groups is 1. The van der Waals surface area contributed by atoms with Crippen LogP contribution in [-0.2, 0) is 7.05 Å². The fourth-order valence-electron chi connectivity index (χ4n) is 2.69. The van der Waals surface area contributed by atoms with Crippen molar-refractivity contribution in [3.63, 3.8) is 0 Å². The van der Waals surface area contributed by atoms with Gasteiger partial charge < -0.3 is 4.57 Å². The van der Waals surface area contributed by atoms with Crippen LogP contribution >= 0.6 is 11.8 Å². The quantitative estimate of drug-likeness (QED) is 0.503. The number of carbonyl (C=O) groups excluding carboxylic acids is 1. The Morgan fingerprint density at radius 1 is 1.08 bits per heavy atom. The number of nitrogens with zero attached hydrogens (tertiary/aromatic N) is 3. The number of hydrogen-bond donors (Lipinski definition) is 0. The fourth-order valence-corrected chi connectivity index (χ4v) is 3.57. The summed E-state index contributed by atoms with van der Waals surface area (Å²) in [5, 5.41) is 9.07. The molecule has 4 nitrogen and oxygen atoms in total. The van der Waals surface area contributed by atoms with Gasteiger partial charge in [-0.2, -0.15) is 0 Å². The molecule has 0 amide bonds. The highest BCUT2D eigenvalue weighted by molar-refractivity contribution is 8.00. The van der Waals surface area contributed by atoms with Crippen molar-refractivity contribution >= 4 is 17.5 Å². The van der Waals surface area contributed by atoms with E-state index < -0.39 is 0 Å². The number of Topliss-reactive ketones (excluding diaryl/α,β-unsaturated/α-hetero) is 1. The van der Waals surface area contributed by atoms with Gasteiger partial charge in [0.05, 0.1) is 5.25 Å². The minimum absolute atomic E-state index is 0.121. The van der Waals surface area contributed by atoms with Gasteiger partial charge in [0.25, 0.3) is 0 Å². The van der Waals surface area contributed by atoms with Crippen LogP contribution in [0.1, 0.15) is 28.4 Å². The predicted octanol–water partition coefficient (Wildman–Crippen LogP) is 4.46. The van der Waals surface area contributed by atoms with E-state index >= 15 is 0 Å². The Morgan fingerprint density at radius 3 is 2.52 bits per heavy atom. The summed E-state index contributed by atoms with van der Waals surface area (Å²) in [7, 11) is 1.93. The van der Waals surface area contributed by atoms with Gasteiger partial charge in [-0.25, -0.2) is 0 Å². The first-order valence-electron chi connectivity index (χ1n) is 8.20. The van der Waals surface area contributed by atoms with Crippen molar-refractivity contribution in [3.8, 4) is 11.4 Å². The van der Waals surface area contributed by atoms with E-state index in [1.54, 1.807) is 0 Å². The number of hydrogen-bond acceptors (Lipinski definition) is 4. The molecule has 0 aliphatic heterocycles. The van der Waals surface area contributed by atoms with Crippen molar-refractivity contribution in [1.29, 1.82) is 0 Å². The van der Waals surface area contributed by atoms with Crippen LogP contribution in [0.5, 0.6) is 0 Å². The van der Waals surface area contributed by atoms with Gasteiger partial charge in [-0.3, -0.25) is 4.79 Å². The van der Waals surface area contributed by atoms with E-state index in [4.69, 9.17) is 0 Å². The highest BCUT2D eigenvalue weighted by Gasteiger charge is 2.21. The number of rotatable bonds is 5. The predicted molar refractivity (Wildman–Crippen MR) is 102 cm³/mol. The number of ketones is 1. The Labute approximate surface area is 152 Å². The molecule has 5 heteroatoms. The Kier molecular flexibility index (Phi) is 5.04. The Morgan fingerprint density at radius 2 is 1.80 bits per heavy atom. The van der Waals surface area contributed by atoms with Gasteiger partial charge in [0.15, 0.2) is 16.8 Å². The highest BCUT2D eigenvalue weighted by atomic mass is 32.2. The molecule has 1 aromatic heterocycles. The van der Waals surface area contributed by atoms with E-state index in [1.807, 2.05) is 80.9 Å². The maximum atomic E-state index is 12.8. The fraction of sp³-hybridized carbons (Fsp3) is 0.250. The van der Waals surface area contributed by atoms with Crippen LogP contribution in [0.3, 0.4) is 0 Å². The lowest BCUT2D eigenvalue weighted by molar-refractivity contribution is 0.0993. The van der Waals surface area contributed by atoms with Crippen molar-refractivity contribution < 1.29 is 4.79 Å². The van der Waals surface area contributed by atoms with Gasteiger partial charge in [0.2, 0.25) is 0 Å². The minimum atomic E-state index is -0.230. The summed E-state index contributed by atoms with van der Waals surface area (Å²) >= 11 is 1.44. The molecule has 0 spiro atoms. The molecule has 0 radical (unpaired) electrons. The molecule has 1 atom stereocenters. The van der Waals surface area contributed by atoms with E-state index in [9.17, 15) is 4.79 Å². The zero-order chi connectivity index (χ0) is 18.0. The summed E-state index contributed by atoms with van der Waals surface area (Å²) in [4.78, 5) is 12.8. The molecular formula is C20H21N3OS.